The molecular weight excluding hydrogens is 1040 g/mol. The molecule has 0 saturated heterocycles. The number of rotatable bonds is 57. The summed E-state index contributed by atoms with van der Waals surface area (Å²) < 4.78 is 34.2. The van der Waals surface area contributed by atoms with E-state index in [0.717, 1.165) is 128 Å². The number of phosphoric ester groups is 1. The summed E-state index contributed by atoms with van der Waals surface area (Å²) >= 11 is 0. The Morgan fingerprint density at radius 2 is 0.695 bits per heavy atom. The van der Waals surface area contributed by atoms with Crippen LogP contribution in [-0.4, -0.2) is 70.0 Å². The molecule has 0 aliphatic heterocycles. The number of hydrogen-bond donors (Lipinski definition) is 0. The average molecular weight is 1160 g/mol. The monoisotopic (exact) mass is 1160 g/mol. The first-order valence-electron chi connectivity index (χ1n) is 32.2. The minimum atomic E-state index is -4.66. The third-order valence-corrected chi connectivity index (χ3v) is 14.0. The highest BCUT2D eigenvalue weighted by Gasteiger charge is 2.22. The number of hydrogen-bond acceptors (Lipinski definition) is 8. The Bertz CT molecular complexity index is 1940. The van der Waals surface area contributed by atoms with Crippen LogP contribution >= 0.6 is 7.82 Å². The summed E-state index contributed by atoms with van der Waals surface area (Å²) in [4.78, 5) is 38.0. The third kappa shape index (κ3) is 64.8. The molecule has 0 aromatic carbocycles. The SMILES string of the molecule is CC/C=C\C/C=C\C/C=C\C/C=C\C/C=C\C/C=C\C/C=C\C/C=C\C/C=C\C/C=C\CCCCCCC(=O)OC(COC(=O)CCCCCCCCCC/C=C\C/C=C\C/C=C\CCCCCCC)COP(=O)([O-])OCC[N+](C)(C)C. The van der Waals surface area contributed by atoms with Gasteiger partial charge in [0.15, 0.2) is 6.10 Å². The highest BCUT2D eigenvalue weighted by molar-refractivity contribution is 7.45. The molecule has 0 radical (unpaired) electrons. The summed E-state index contributed by atoms with van der Waals surface area (Å²) in [6, 6.07) is 0. The van der Waals surface area contributed by atoms with Gasteiger partial charge >= 0.3 is 11.9 Å². The van der Waals surface area contributed by atoms with Crippen LogP contribution in [0.25, 0.3) is 0 Å². The number of carbonyl (C=O) groups is 2. The zero-order valence-electron chi connectivity index (χ0n) is 52.6. The maximum atomic E-state index is 12.8. The largest absolute Gasteiger partial charge is 0.756 e. The standard InChI is InChI=1S/C72H118NO8P/c1-6-8-10-12-14-16-18-20-22-24-26-28-30-31-32-33-34-35-36-37-38-39-40-41-43-45-47-49-51-53-55-57-59-61-63-65-72(75)81-70(69-80-82(76,77)79-67-66-73(3,4)5)68-78-71(74)64-62-60-58-56-54-52-50-48-46-44-42-29-27-25-23-21-19-17-15-13-11-9-7-2/h8,10,14,16,19-22,25-28,31-32,34-35,37-38,40-42,44-45,47,51,53,70H,6-7,9,11-13,15,17-18,23-24,29-30,33,36,39,43,46,48-50,52,54-69H2,1-5H3/b10-8-,16-14-,21-19-,22-20-,27-25-,28-26-,32-31-,35-34-,38-37-,41-40-,44-42-,47-45-,53-51-. The van der Waals surface area contributed by atoms with Crippen LogP contribution in [0.15, 0.2) is 158 Å². The number of likely N-dealkylation sites (N-methyl/N-ethyl adjacent to an activating group) is 1. The number of nitrogens with zero attached hydrogens (tertiary/aromatic N) is 1. The van der Waals surface area contributed by atoms with E-state index in [1.54, 1.807) is 0 Å². The van der Waals surface area contributed by atoms with Crippen LogP contribution in [0.4, 0.5) is 0 Å². The van der Waals surface area contributed by atoms with Crippen LogP contribution in [0.5, 0.6) is 0 Å². The zero-order chi connectivity index (χ0) is 59.8. The molecule has 0 aliphatic carbocycles. The number of unbranched alkanes of at least 4 members (excludes halogenated alkanes) is 17. The van der Waals surface area contributed by atoms with Crippen LogP contribution in [-0.2, 0) is 32.7 Å². The van der Waals surface area contributed by atoms with Crippen molar-refractivity contribution in [1.82, 2.24) is 0 Å². The first kappa shape index (κ1) is 77.6. The topological polar surface area (TPSA) is 111 Å². The highest BCUT2D eigenvalue weighted by Crippen LogP contribution is 2.38. The van der Waals surface area contributed by atoms with E-state index in [9.17, 15) is 19.0 Å². The zero-order valence-corrected chi connectivity index (χ0v) is 53.5. The summed E-state index contributed by atoms with van der Waals surface area (Å²) in [5.74, 6) is -0.882. The predicted octanol–water partition coefficient (Wildman–Crippen LogP) is 20.2. The summed E-state index contributed by atoms with van der Waals surface area (Å²) in [7, 11) is 1.12. The van der Waals surface area contributed by atoms with Gasteiger partial charge in [0.2, 0.25) is 0 Å². The quantitative estimate of drug-likeness (QED) is 0.0195. The van der Waals surface area contributed by atoms with Gasteiger partial charge in [-0.25, -0.2) is 0 Å². The van der Waals surface area contributed by atoms with Gasteiger partial charge in [0.05, 0.1) is 27.7 Å². The Kier molecular flexibility index (Phi) is 57.9. The summed E-state index contributed by atoms with van der Waals surface area (Å²) in [6.07, 6.45) is 91.5. The number of allylic oxidation sites excluding steroid dienone is 26. The average Bonchev–Trinajstić information content (AvgIpc) is 3.45. The molecule has 0 aromatic rings. The van der Waals surface area contributed by atoms with Crippen LogP contribution < -0.4 is 4.89 Å². The van der Waals surface area contributed by atoms with Crippen LogP contribution in [0.2, 0.25) is 0 Å². The van der Waals surface area contributed by atoms with Gasteiger partial charge in [0.1, 0.15) is 19.8 Å². The smallest absolute Gasteiger partial charge is 0.306 e. The molecule has 0 fully saturated rings. The fourth-order valence-corrected chi connectivity index (χ4v) is 8.83. The van der Waals surface area contributed by atoms with Gasteiger partial charge in [-0.15, -0.1) is 0 Å². The highest BCUT2D eigenvalue weighted by atomic mass is 31.2. The molecule has 0 rings (SSSR count). The maximum absolute atomic E-state index is 12.8. The number of esters is 2. The van der Waals surface area contributed by atoms with Crippen molar-refractivity contribution in [2.24, 2.45) is 0 Å². The summed E-state index contributed by atoms with van der Waals surface area (Å²) in [6.45, 7) is 4.06. The fraction of sp³-hybridized carbons (Fsp3) is 0.611. The molecule has 0 N–H and O–H groups in total. The van der Waals surface area contributed by atoms with Crippen LogP contribution in [0, 0.1) is 0 Å². The van der Waals surface area contributed by atoms with Crippen molar-refractivity contribution in [3.05, 3.63) is 158 Å². The van der Waals surface area contributed by atoms with Crippen molar-refractivity contribution in [1.29, 1.82) is 0 Å². The van der Waals surface area contributed by atoms with Crippen molar-refractivity contribution in [2.75, 3.05) is 47.5 Å². The minimum absolute atomic E-state index is 0.0466. The molecular formula is C72H118NO8P. The number of carbonyl (C=O) groups excluding carboxylic acids is 2. The van der Waals surface area contributed by atoms with Gasteiger partial charge in [-0.05, 0) is 128 Å². The van der Waals surface area contributed by atoms with Crippen molar-refractivity contribution in [3.63, 3.8) is 0 Å². The molecule has 10 heteroatoms. The van der Waals surface area contributed by atoms with Crippen molar-refractivity contribution in [3.8, 4) is 0 Å². The van der Waals surface area contributed by atoms with Gasteiger partial charge in [-0.1, -0.05) is 249 Å². The Labute approximate surface area is 503 Å². The Morgan fingerprint density at radius 3 is 1.04 bits per heavy atom. The van der Waals surface area contributed by atoms with Crippen molar-refractivity contribution < 1.29 is 42.1 Å². The van der Waals surface area contributed by atoms with Gasteiger partial charge in [0, 0.05) is 12.8 Å². The number of quaternary nitrogens is 1. The number of ether oxygens (including phenoxy) is 2. The van der Waals surface area contributed by atoms with Crippen LogP contribution in [0.1, 0.15) is 232 Å². The van der Waals surface area contributed by atoms with E-state index in [1.807, 2.05) is 21.1 Å². The third-order valence-electron chi connectivity index (χ3n) is 13.0. The van der Waals surface area contributed by atoms with E-state index in [-0.39, 0.29) is 26.1 Å². The molecule has 2 atom stereocenters. The van der Waals surface area contributed by atoms with Crippen molar-refractivity contribution in [2.45, 2.75) is 238 Å². The van der Waals surface area contributed by atoms with Gasteiger partial charge < -0.3 is 27.9 Å². The molecule has 0 spiro atoms. The Morgan fingerprint density at radius 1 is 0.390 bits per heavy atom. The summed E-state index contributed by atoms with van der Waals surface area (Å²) in [5, 5.41) is 0. The Hall–Kier alpha value is -4.37. The van der Waals surface area contributed by atoms with Crippen molar-refractivity contribution >= 4 is 19.8 Å². The maximum Gasteiger partial charge on any atom is 0.306 e. The lowest BCUT2D eigenvalue weighted by atomic mass is 10.1. The van der Waals surface area contributed by atoms with E-state index in [0.29, 0.717) is 23.9 Å². The van der Waals surface area contributed by atoms with Gasteiger partial charge in [-0.2, -0.15) is 0 Å². The fourth-order valence-electron chi connectivity index (χ4n) is 8.10. The first-order chi connectivity index (χ1) is 40.0. The minimum Gasteiger partial charge on any atom is -0.756 e. The van der Waals surface area contributed by atoms with E-state index >= 15 is 0 Å². The van der Waals surface area contributed by atoms with Gasteiger partial charge in [0.25, 0.3) is 7.82 Å². The molecule has 0 amide bonds. The molecule has 0 saturated carbocycles. The summed E-state index contributed by atoms with van der Waals surface area (Å²) in [5.41, 5.74) is 0. The van der Waals surface area contributed by atoms with Gasteiger partial charge in [-0.3, -0.25) is 14.2 Å². The second kappa shape index (κ2) is 61.2. The predicted molar refractivity (Wildman–Crippen MR) is 350 cm³/mol. The second-order valence-electron chi connectivity index (χ2n) is 22.0. The van der Waals surface area contributed by atoms with Crippen LogP contribution in [0.3, 0.4) is 0 Å². The number of phosphoric acid groups is 1. The molecule has 0 bridgehead atoms. The lowest BCUT2D eigenvalue weighted by Gasteiger charge is -2.28. The van der Waals surface area contributed by atoms with E-state index < -0.39 is 32.5 Å². The normalized spacial score (nSPS) is 14.3. The molecule has 9 nitrogen and oxygen atoms in total. The van der Waals surface area contributed by atoms with E-state index in [2.05, 4.69) is 172 Å². The first-order valence-corrected chi connectivity index (χ1v) is 33.7. The van der Waals surface area contributed by atoms with E-state index in [1.165, 1.54) is 64.2 Å². The molecule has 464 valence electrons. The molecule has 0 aliphatic rings. The molecule has 2 unspecified atom stereocenters. The molecule has 82 heavy (non-hydrogen) atoms. The molecule has 0 aromatic heterocycles. The lowest BCUT2D eigenvalue weighted by Crippen LogP contribution is -2.37. The molecule has 0 heterocycles. The lowest BCUT2D eigenvalue weighted by molar-refractivity contribution is -0.870. The van der Waals surface area contributed by atoms with E-state index in [4.69, 9.17) is 18.5 Å². The second-order valence-corrected chi connectivity index (χ2v) is 23.4. The Balaban J connectivity index is 4.25.